The van der Waals surface area contributed by atoms with Gasteiger partial charge >= 0.3 is 5.69 Å². The van der Waals surface area contributed by atoms with Gasteiger partial charge in [-0.2, -0.15) is 0 Å². The van der Waals surface area contributed by atoms with Crippen LogP contribution in [0.25, 0.3) is 0 Å². The molecule has 1 N–H and O–H groups in total. The fourth-order valence-electron chi connectivity index (χ4n) is 2.83. The third-order valence-electron chi connectivity index (χ3n) is 4.24. The highest BCUT2D eigenvalue weighted by Gasteiger charge is 2.26. The van der Waals surface area contributed by atoms with Crippen molar-refractivity contribution in [1.82, 2.24) is 9.80 Å². The third kappa shape index (κ3) is 4.65. The average Bonchev–Trinajstić information content (AvgIpc) is 2.54. The molecule has 1 saturated heterocycles. The maximum Gasteiger partial charge on any atom is 0.310 e. The molecule has 1 aromatic rings. The van der Waals surface area contributed by atoms with E-state index in [9.17, 15) is 18.5 Å². The van der Waals surface area contributed by atoms with Crippen LogP contribution < -0.4 is 5.32 Å². The molecule has 0 atom stereocenters. The highest BCUT2D eigenvalue weighted by atomic mass is 32.2. The summed E-state index contributed by atoms with van der Waals surface area (Å²) in [6.07, 6.45) is 0.978. The largest absolute Gasteiger partial charge is 0.378 e. The summed E-state index contributed by atoms with van der Waals surface area (Å²) < 4.78 is 23.5. The van der Waals surface area contributed by atoms with Crippen molar-refractivity contribution in [3.63, 3.8) is 0 Å². The summed E-state index contributed by atoms with van der Waals surface area (Å²) in [4.78, 5) is 15.1. The molecule has 0 aliphatic carbocycles. The number of benzene rings is 1. The standard InChI is InChI=1S/C15H24N4O4S/c1-3-17-9-11-18(12-10-17)8-7-16-13-5-4-6-14(24(2,22)23)15(13)19(20)21/h4-6,16H,3,7-12H2,1-2H3. The lowest BCUT2D eigenvalue weighted by atomic mass is 10.2. The first kappa shape index (κ1) is 18.6. The van der Waals surface area contributed by atoms with Crippen molar-refractivity contribution in [1.29, 1.82) is 0 Å². The van der Waals surface area contributed by atoms with Crippen molar-refractivity contribution >= 4 is 21.2 Å². The second-order valence-corrected chi connectivity index (χ2v) is 7.87. The van der Waals surface area contributed by atoms with Crippen LogP contribution in [-0.4, -0.2) is 75.2 Å². The van der Waals surface area contributed by atoms with E-state index in [4.69, 9.17) is 0 Å². The van der Waals surface area contributed by atoms with E-state index in [-0.39, 0.29) is 16.3 Å². The van der Waals surface area contributed by atoms with E-state index in [0.29, 0.717) is 6.54 Å². The van der Waals surface area contributed by atoms with Crippen LogP contribution in [0.1, 0.15) is 6.92 Å². The Balaban J connectivity index is 2.02. The van der Waals surface area contributed by atoms with Crippen LogP contribution in [0.5, 0.6) is 0 Å². The van der Waals surface area contributed by atoms with Crippen molar-refractivity contribution in [2.75, 3.05) is 57.4 Å². The molecule has 9 heteroatoms. The van der Waals surface area contributed by atoms with Gasteiger partial charge in [0.15, 0.2) is 9.84 Å². The van der Waals surface area contributed by atoms with Gasteiger partial charge in [-0.05, 0) is 18.7 Å². The van der Waals surface area contributed by atoms with Gasteiger partial charge < -0.3 is 10.2 Å². The van der Waals surface area contributed by atoms with Crippen molar-refractivity contribution < 1.29 is 13.3 Å². The summed E-state index contributed by atoms with van der Waals surface area (Å²) in [5, 5.41) is 14.3. The molecule has 1 heterocycles. The summed E-state index contributed by atoms with van der Waals surface area (Å²) in [6, 6.07) is 4.33. The van der Waals surface area contributed by atoms with Gasteiger partial charge in [-0.3, -0.25) is 15.0 Å². The van der Waals surface area contributed by atoms with Crippen LogP contribution in [0.3, 0.4) is 0 Å². The lowest BCUT2D eigenvalue weighted by Crippen LogP contribution is -2.47. The molecule has 134 valence electrons. The van der Waals surface area contributed by atoms with Crippen LogP contribution >= 0.6 is 0 Å². The predicted molar refractivity (Wildman–Crippen MR) is 93.2 cm³/mol. The number of sulfone groups is 1. The molecule has 1 fully saturated rings. The summed E-state index contributed by atoms with van der Waals surface area (Å²) in [5.41, 5.74) is -0.133. The monoisotopic (exact) mass is 356 g/mol. The van der Waals surface area contributed by atoms with Gasteiger partial charge in [-0.15, -0.1) is 0 Å². The number of nitrogens with zero attached hydrogens (tertiary/aromatic N) is 3. The quantitative estimate of drug-likeness (QED) is 0.576. The highest BCUT2D eigenvalue weighted by Crippen LogP contribution is 2.31. The molecule has 1 aliphatic heterocycles. The summed E-state index contributed by atoms with van der Waals surface area (Å²) in [7, 11) is -3.65. The van der Waals surface area contributed by atoms with E-state index < -0.39 is 14.8 Å². The Bertz CT molecular complexity index is 685. The molecule has 0 bridgehead atoms. The molecule has 0 saturated carbocycles. The van der Waals surface area contributed by atoms with Crippen LogP contribution in [0.4, 0.5) is 11.4 Å². The summed E-state index contributed by atoms with van der Waals surface area (Å²) in [5.74, 6) is 0. The molecule has 0 aromatic heterocycles. The molecule has 1 aromatic carbocycles. The molecular weight excluding hydrogens is 332 g/mol. The number of piperazine rings is 1. The van der Waals surface area contributed by atoms with Crippen molar-refractivity contribution in [2.24, 2.45) is 0 Å². The summed E-state index contributed by atoms with van der Waals surface area (Å²) >= 11 is 0. The molecular formula is C15H24N4O4S. The van der Waals surface area contributed by atoms with Crippen molar-refractivity contribution in [3.8, 4) is 0 Å². The van der Waals surface area contributed by atoms with Crippen LogP contribution in [0, 0.1) is 10.1 Å². The van der Waals surface area contributed by atoms with Crippen molar-refractivity contribution in [2.45, 2.75) is 11.8 Å². The fourth-order valence-corrected chi connectivity index (χ4v) is 3.69. The number of likely N-dealkylation sites (N-methyl/N-ethyl adjacent to an activating group) is 1. The van der Waals surface area contributed by atoms with Gasteiger partial charge in [0.2, 0.25) is 0 Å². The van der Waals surface area contributed by atoms with E-state index in [1.165, 1.54) is 12.1 Å². The minimum absolute atomic E-state index is 0.245. The minimum atomic E-state index is -3.65. The van der Waals surface area contributed by atoms with Gasteiger partial charge in [0.05, 0.1) is 4.92 Å². The topological polar surface area (TPSA) is 95.8 Å². The first-order valence-electron chi connectivity index (χ1n) is 7.99. The highest BCUT2D eigenvalue weighted by molar-refractivity contribution is 7.90. The Morgan fingerprint density at radius 2 is 1.83 bits per heavy atom. The minimum Gasteiger partial charge on any atom is -0.378 e. The SMILES string of the molecule is CCN1CCN(CCNc2cccc(S(C)(=O)=O)c2[N+](=O)[O-])CC1. The number of nitrogens with one attached hydrogen (secondary N) is 1. The van der Waals surface area contributed by atoms with Crippen LogP contribution in [0.2, 0.25) is 0 Å². The maximum atomic E-state index is 11.7. The molecule has 24 heavy (non-hydrogen) atoms. The van der Waals surface area contributed by atoms with Gasteiger partial charge in [0, 0.05) is 45.5 Å². The Kier molecular flexibility index (Phi) is 6.14. The Hall–Kier alpha value is -1.71. The zero-order valence-corrected chi connectivity index (χ0v) is 14.9. The number of hydrogen-bond acceptors (Lipinski definition) is 7. The number of rotatable bonds is 7. The van der Waals surface area contributed by atoms with Crippen molar-refractivity contribution in [3.05, 3.63) is 28.3 Å². The molecule has 2 rings (SSSR count). The number of nitro benzene ring substituents is 1. The van der Waals surface area contributed by atoms with E-state index >= 15 is 0 Å². The molecule has 1 aliphatic rings. The van der Waals surface area contributed by atoms with E-state index in [1.807, 2.05) is 0 Å². The number of anilines is 1. The van der Waals surface area contributed by atoms with Crippen LogP contribution in [-0.2, 0) is 9.84 Å². The first-order chi connectivity index (χ1) is 11.3. The normalized spacial score (nSPS) is 16.9. The fraction of sp³-hybridized carbons (Fsp3) is 0.600. The Labute approximate surface area is 142 Å². The summed E-state index contributed by atoms with van der Waals surface area (Å²) in [6.45, 7) is 8.49. The number of nitro groups is 1. The maximum absolute atomic E-state index is 11.7. The zero-order chi connectivity index (χ0) is 17.7. The molecule has 0 spiro atoms. The van der Waals surface area contributed by atoms with E-state index in [2.05, 4.69) is 22.0 Å². The molecule has 0 amide bonds. The molecule has 0 radical (unpaired) electrons. The van der Waals surface area contributed by atoms with E-state index in [0.717, 1.165) is 45.5 Å². The van der Waals surface area contributed by atoms with Gasteiger partial charge in [0.1, 0.15) is 10.6 Å². The second kappa shape index (κ2) is 7.91. The van der Waals surface area contributed by atoms with Gasteiger partial charge in [-0.1, -0.05) is 13.0 Å². The Morgan fingerprint density at radius 3 is 2.38 bits per heavy atom. The zero-order valence-electron chi connectivity index (χ0n) is 14.1. The molecule has 0 unspecified atom stereocenters. The third-order valence-corrected chi connectivity index (χ3v) is 5.37. The Morgan fingerprint density at radius 1 is 1.21 bits per heavy atom. The second-order valence-electron chi connectivity index (χ2n) is 5.88. The number of para-hydroxylation sites is 1. The first-order valence-corrected chi connectivity index (χ1v) is 9.88. The smallest absolute Gasteiger partial charge is 0.310 e. The lowest BCUT2D eigenvalue weighted by Gasteiger charge is -2.34. The molecule has 8 nitrogen and oxygen atoms in total. The van der Waals surface area contributed by atoms with Gasteiger partial charge in [-0.25, -0.2) is 8.42 Å². The van der Waals surface area contributed by atoms with E-state index in [1.54, 1.807) is 6.07 Å². The predicted octanol–water partition coefficient (Wildman–Crippen LogP) is 1.05. The average molecular weight is 356 g/mol. The number of hydrogen-bond donors (Lipinski definition) is 1. The van der Waals surface area contributed by atoms with Gasteiger partial charge in [0.25, 0.3) is 0 Å². The van der Waals surface area contributed by atoms with Crippen LogP contribution in [0.15, 0.2) is 23.1 Å². The lowest BCUT2D eigenvalue weighted by molar-refractivity contribution is -0.386.